The normalized spacial score (nSPS) is 10.7. The first-order valence-electron chi connectivity index (χ1n) is 6.05. The fourth-order valence-electron chi connectivity index (χ4n) is 1.76. The predicted molar refractivity (Wildman–Crippen MR) is 77.3 cm³/mol. The molecule has 0 N–H and O–H groups in total. The summed E-state index contributed by atoms with van der Waals surface area (Å²) in [7, 11) is 0. The molecule has 0 aliphatic heterocycles. The molecule has 0 atom stereocenters. The monoisotopic (exact) mass is 302 g/mol. The highest BCUT2D eigenvalue weighted by molar-refractivity contribution is 7.97. The van der Waals surface area contributed by atoms with Crippen molar-refractivity contribution in [2.75, 3.05) is 0 Å². The lowest BCUT2D eigenvalue weighted by Gasteiger charge is -2.07. The lowest BCUT2D eigenvalue weighted by Crippen LogP contribution is -2.35. The molecular weight excluding hydrogens is 292 g/mol. The van der Waals surface area contributed by atoms with Gasteiger partial charge in [0.2, 0.25) is 5.89 Å². The van der Waals surface area contributed by atoms with E-state index in [1.54, 1.807) is 24.3 Å². The fraction of sp³-hybridized carbons (Fsp3) is 0.0769. The van der Waals surface area contributed by atoms with Crippen LogP contribution < -0.4 is 11.2 Å². The molecule has 0 amide bonds. The SMILES string of the molecule is O=c1ccn(SCc2ncno2)c(=O)n1-c1ccccc1. The van der Waals surface area contributed by atoms with Gasteiger partial charge in [-0.3, -0.25) is 4.79 Å². The van der Waals surface area contributed by atoms with Gasteiger partial charge in [0, 0.05) is 12.3 Å². The Bertz CT molecular complexity index is 840. The molecule has 0 saturated carbocycles. The van der Waals surface area contributed by atoms with Crippen LogP contribution in [0.5, 0.6) is 0 Å². The van der Waals surface area contributed by atoms with Crippen molar-refractivity contribution in [3.63, 3.8) is 0 Å². The molecule has 0 spiro atoms. The van der Waals surface area contributed by atoms with Gasteiger partial charge in [0.1, 0.15) is 0 Å². The van der Waals surface area contributed by atoms with Crippen molar-refractivity contribution in [2.45, 2.75) is 5.75 Å². The summed E-state index contributed by atoms with van der Waals surface area (Å²) in [6, 6.07) is 10.1. The quantitative estimate of drug-likeness (QED) is 0.717. The van der Waals surface area contributed by atoms with E-state index in [1.807, 2.05) is 6.07 Å². The number of rotatable bonds is 4. The Hall–Kier alpha value is -2.61. The summed E-state index contributed by atoms with van der Waals surface area (Å²) in [6.07, 6.45) is 2.73. The van der Waals surface area contributed by atoms with Crippen molar-refractivity contribution in [1.29, 1.82) is 0 Å². The minimum absolute atomic E-state index is 0.340. The highest BCUT2D eigenvalue weighted by Gasteiger charge is 2.09. The first-order chi connectivity index (χ1) is 10.3. The van der Waals surface area contributed by atoms with Crippen LogP contribution in [0, 0.1) is 0 Å². The average molecular weight is 302 g/mol. The van der Waals surface area contributed by atoms with Crippen LogP contribution in [0.3, 0.4) is 0 Å². The third-order valence-electron chi connectivity index (χ3n) is 2.70. The summed E-state index contributed by atoms with van der Waals surface area (Å²) >= 11 is 1.17. The summed E-state index contributed by atoms with van der Waals surface area (Å²) in [5.41, 5.74) is -0.278. The molecule has 1 aromatic carbocycles. The van der Waals surface area contributed by atoms with Crippen molar-refractivity contribution >= 4 is 11.9 Å². The number of para-hydroxylation sites is 1. The van der Waals surface area contributed by atoms with Gasteiger partial charge >= 0.3 is 5.69 Å². The van der Waals surface area contributed by atoms with E-state index in [0.29, 0.717) is 17.3 Å². The second-order valence-corrected chi connectivity index (χ2v) is 4.98. The van der Waals surface area contributed by atoms with Crippen molar-refractivity contribution < 1.29 is 4.52 Å². The number of nitrogens with zero attached hydrogens (tertiary/aromatic N) is 4. The number of aromatic nitrogens is 4. The maximum absolute atomic E-state index is 12.4. The topological polar surface area (TPSA) is 82.9 Å². The molecule has 0 aliphatic rings. The Morgan fingerprint density at radius 2 is 1.95 bits per heavy atom. The summed E-state index contributed by atoms with van der Waals surface area (Å²) in [4.78, 5) is 28.2. The molecule has 0 unspecified atom stereocenters. The molecule has 0 aliphatic carbocycles. The van der Waals surface area contributed by atoms with Gasteiger partial charge in [0.15, 0.2) is 6.33 Å². The lowest BCUT2D eigenvalue weighted by molar-refractivity contribution is 0.390. The molecule has 3 aromatic rings. The van der Waals surface area contributed by atoms with E-state index < -0.39 is 5.69 Å². The number of benzene rings is 1. The third kappa shape index (κ3) is 2.79. The molecule has 3 rings (SSSR count). The van der Waals surface area contributed by atoms with Gasteiger partial charge in [-0.1, -0.05) is 23.4 Å². The number of hydrogen-bond acceptors (Lipinski definition) is 6. The highest BCUT2D eigenvalue weighted by Crippen LogP contribution is 2.09. The molecule has 21 heavy (non-hydrogen) atoms. The molecule has 2 heterocycles. The van der Waals surface area contributed by atoms with Crippen molar-refractivity contribution in [3.05, 3.63) is 75.7 Å². The second-order valence-electron chi connectivity index (χ2n) is 4.04. The van der Waals surface area contributed by atoms with E-state index in [0.717, 1.165) is 4.57 Å². The average Bonchev–Trinajstić information content (AvgIpc) is 3.01. The van der Waals surface area contributed by atoms with Crippen LogP contribution in [0.4, 0.5) is 0 Å². The maximum Gasteiger partial charge on any atom is 0.345 e. The van der Waals surface area contributed by atoms with Crippen LogP contribution in [0.2, 0.25) is 0 Å². The molecule has 0 radical (unpaired) electrons. The van der Waals surface area contributed by atoms with E-state index >= 15 is 0 Å². The Labute approximate surface area is 123 Å². The first-order valence-corrected chi connectivity index (χ1v) is 6.99. The second kappa shape index (κ2) is 5.80. The molecule has 7 nitrogen and oxygen atoms in total. The molecule has 2 aromatic heterocycles. The van der Waals surface area contributed by atoms with Crippen molar-refractivity contribution in [1.82, 2.24) is 18.7 Å². The zero-order valence-electron chi connectivity index (χ0n) is 10.7. The fourth-order valence-corrected chi connectivity index (χ4v) is 2.48. The summed E-state index contributed by atoms with van der Waals surface area (Å²) in [5, 5.41) is 3.49. The van der Waals surface area contributed by atoms with E-state index in [-0.39, 0.29) is 5.56 Å². The van der Waals surface area contributed by atoms with E-state index in [9.17, 15) is 9.59 Å². The predicted octanol–water partition coefficient (Wildman–Crippen LogP) is 1.08. The van der Waals surface area contributed by atoms with Crippen LogP contribution in [0.25, 0.3) is 5.69 Å². The standard InChI is InChI=1S/C13H10N4O3S/c18-12-6-7-16(21-8-11-14-9-15-20-11)13(19)17(12)10-4-2-1-3-5-10/h1-7,9H,8H2. The Morgan fingerprint density at radius 3 is 2.67 bits per heavy atom. The van der Waals surface area contributed by atoms with Crippen molar-refractivity contribution in [3.8, 4) is 5.69 Å². The lowest BCUT2D eigenvalue weighted by atomic mass is 10.3. The zero-order chi connectivity index (χ0) is 14.7. The van der Waals surface area contributed by atoms with Gasteiger partial charge in [0.05, 0.1) is 11.4 Å². The highest BCUT2D eigenvalue weighted by atomic mass is 32.2. The molecule has 0 fully saturated rings. The molecule has 8 heteroatoms. The Kier molecular flexibility index (Phi) is 3.69. The van der Waals surface area contributed by atoms with Crippen LogP contribution in [-0.2, 0) is 5.75 Å². The third-order valence-corrected chi connectivity index (χ3v) is 3.63. The van der Waals surface area contributed by atoms with E-state index in [1.165, 1.54) is 34.5 Å². The minimum atomic E-state index is -0.432. The van der Waals surface area contributed by atoms with Crippen LogP contribution in [0.15, 0.2) is 63.0 Å². The smallest absolute Gasteiger partial charge is 0.339 e. The Balaban J connectivity index is 1.97. The van der Waals surface area contributed by atoms with E-state index in [4.69, 9.17) is 4.52 Å². The first kappa shape index (κ1) is 13.4. The molecule has 0 bridgehead atoms. The van der Waals surface area contributed by atoms with Gasteiger partial charge in [-0.25, -0.2) is 13.3 Å². The number of hydrogen-bond donors (Lipinski definition) is 0. The molecular formula is C13H10N4O3S. The molecule has 0 saturated heterocycles. The largest absolute Gasteiger partial charge is 0.345 e. The van der Waals surface area contributed by atoms with Gasteiger partial charge in [-0.15, -0.1) is 0 Å². The molecule has 106 valence electrons. The van der Waals surface area contributed by atoms with E-state index in [2.05, 4.69) is 10.1 Å². The maximum atomic E-state index is 12.4. The van der Waals surface area contributed by atoms with Crippen molar-refractivity contribution in [2.24, 2.45) is 0 Å². The zero-order valence-corrected chi connectivity index (χ0v) is 11.6. The van der Waals surface area contributed by atoms with Gasteiger partial charge in [0.25, 0.3) is 5.56 Å². The van der Waals surface area contributed by atoms with Gasteiger partial charge in [-0.2, -0.15) is 4.98 Å². The van der Waals surface area contributed by atoms with Gasteiger partial charge < -0.3 is 4.52 Å². The van der Waals surface area contributed by atoms with Crippen LogP contribution >= 0.6 is 11.9 Å². The summed E-state index contributed by atoms with van der Waals surface area (Å²) < 4.78 is 7.34. The van der Waals surface area contributed by atoms with Crippen LogP contribution in [-0.4, -0.2) is 18.7 Å². The Morgan fingerprint density at radius 1 is 1.14 bits per heavy atom. The summed E-state index contributed by atoms with van der Waals surface area (Å²) in [6.45, 7) is 0. The van der Waals surface area contributed by atoms with Crippen LogP contribution in [0.1, 0.15) is 5.89 Å². The van der Waals surface area contributed by atoms with Gasteiger partial charge in [-0.05, 0) is 24.1 Å². The summed E-state index contributed by atoms with van der Waals surface area (Å²) in [5.74, 6) is 0.747. The minimum Gasteiger partial charge on any atom is -0.339 e.